The maximum Gasteiger partial charge on any atom is 0.0432 e. The zero-order valence-electron chi connectivity index (χ0n) is 11.8. The second-order valence-corrected chi connectivity index (χ2v) is 6.89. The standard InChI is InChI=1S/C20H17Br/c21-20-17(13-16-7-2-4-11-19(16)20)12-15-9-5-8-14-6-1-3-10-18(14)15/h1-11,17,20H,12-13H2. The quantitative estimate of drug-likeness (QED) is 0.527. The summed E-state index contributed by atoms with van der Waals surface area (Å²) in [6.45, 7) is 0. The van der Waals surface area contributed by atoms with E-state index in [4.69, 9.17) is 0 Å². The van der Waals surface area contributed by atoms with Crippen LogP contribution in [0.4, 0.5) is 0 Å². The van der Waals surface area contributed by atoms with Crippen molar-refractivity contribution in [1.82, 2.24) is 0 Å². The lowest BCUT2D eigenvalue weighted by atomic mass is 9.93. The van der Waals surface area contributed by atoms with Gasteiger partial charge in [-0.05, 0) is 46.2 Å². The van der Waals surface area contributed by atoms with Gasteiger partial charge in [-0.3, -0.25) is 0 Å². The SMILES string of the molecule is BrC1c2ccccc2CC1Cc1cccc2ccccc12. The fourth-order valence-corrected chi connectivity index (χ4v) is 4.38. The van der Waals surface area contributed by atoms with Crippen molar-refractivity contribution in [2.75, 3.05) is 0 Å². The van der Waals surface area contributed by atoms with Crippen LogP contribution in [-0.2, 0) is 12.8 Å². The number of fused-ring (bicyclic) bond motifs is 2. The number of hydrogen-bond donors (Lipinski definition) is 0. The van der Waals surface area contributed by atoms with Crippen molar-refractivity contribution in [3.05, 3.63) is 83.4 Å². The monoisotopic (exact) mass is 336 g/mol. The fourth-order valence-electron chi connectivity index (χ4n) is 3.56. The molecule has 2 unspecified atom stereocenters. The van der Waals surface area contributed by atoms with E-state index >= 15 is 0 Å². The van der Waals surface area contributed by atoms with Crippen LogP contribution in [0.1, 0.15) is 21.5 Å². The molecular weight excluding hydrogens is 320 g/mol. The van der Waals surface area contributed by atoms with Crippen molar-refractivity contribution in [2.24, 2.45) is 5.92 Å². The Balaban J connectivity index is 1.68. The van der Waals surface area contributed by atoms with Gasteiger partial charge in [-0.25, -0.2) is 0 Å². The number of rotatable bonds is 2. The lowest BCUT2D eigenvalue weighted by Gasteiger charge is -2.16. The molecular formula is C20H17Br. The molecule has 1 aliphatic rings. The molecule has 0 amide bonds. The van der Waals surface area contributed by atoms with Gasteiger partial charge in [-0.2, -0.15) is 0 Å². The molecule has 0 fully saturated rings. The van der Waals surface area contributed by atoms with E-state index in [2.05, 4.69) is 82.7 Å². The van der Waals surface area contributed by atoms with E-state index in [0.29, 0.717) is 10.7 Å². The van der Waals surface area contributed by atoms with Gasteiger partial charge in [0.15, 0.2) is 0 Å². The van der Waals surface area contributed by atoms with Gasteiger partial charge in [0.1, 0.15) is 0 Å². The van der Waals surface area contributed by atoms with Gasteiger partial charge in [-0.15, -0.1) is 0 Å². The minimum atomic E-state index is 0.479. The summed E-state index contributed by atoms with van der Waals surface area (Å²) in [5.41, 5.74) is 4.45. The summed E-state index contributed by atoms with van der Waals surface area (Å²) < 4.78 is 0. The Morgan fingerprint density at radius 3 is 2.52 bits per heavy atom. The van der Waals surface area contributed by atoms with Crippen LogP contribution < -0.4 is 0 Å². The van der Waals surface area contributed by atoms with Crippen molar-refractivity contribution < 1.29 is 0 Å². The summed E-state index contributed by atoms with van der Waals surface area (Å²) in [7, 11) is 0. The van der Waals surface area contributed by atoms with Gasteiger partial charge in [0.25, 0.3) is 0 Å². The zero-order chi connectivity index (χ0) is 14.2. The van der Waals surface area contributed by atoms with Crippen LogP contribution in [0.25, 0.3) is 10.8 Å². The second kappa shape index (κ2) is 5.31. The Hall–Kier alpha value is -1.60. The van der Waals surface area contributed by atoms with Crippen LogP contribution in [0.5, 0.6) is 0 Å². The van der Waals surface area contributed by atoms with Crippen molar-refractivity contribution in [3.63, 3.8) is 0 Å². The molecule has 0 spiro atoms. The molecule has 1 aliphatic carbocycles. The Morgan fingerprint density at radius 2 is 1.62 bits per heavy atom. The first-order valence-electron chi connectivity index (χ1n) is 7.51. The molecule has 1 heteroatoms. The minimum Gasteiger partial charge on any atom is -0.0835 e. The Kier molecular flexibility index (Phi) is 3.31. The predicted molar refractivity (Wildman–Crippen MR) is 93.0 cm³/mol. The normalized spacial score (nSPS) is 20.6. The summed E-state index contributed by atoms with van der Waals surface area (Å²) in [5, 5.41) is 2.74. The third-order valence-electron chi connectivity index (χ3n) is 4.61. The molecule has 104 valence electrons. The smallest absolute Gasteiger partial charge is 0.0432 e. The van der Waals surface area contributed by atoms with Crippen LogP contribution in [-0.4, -0.2) is 0 Å². The van der Waals surface area contributed by atoms with E-state index in [1.807, 2.05) is 0 Å². The predicted octanol–water partition coefficient (Wildman–Crippen LogP) is 5.69. The number of benzene rings is 3. The van der Waals surface area contributed by atoms with Crippen LogP contribution in [0, 0.1) is 5.92 Å². The molecule has 0 heterocycles. The largest absolute Gasteiger partial charge is 0.0835 e. The highest BCUT2D eigenvalue weighted by molar-refractivity contribution is 9.09. The van der Waals surface area contributed by atoms with Gasteiger partial charge in [0.05, 0.1) is 0 Å². The molecule has 0 saturated carbocycles. The average molecular weight is 337 g/mol. The first-order chi connectivity index (χ1) is 10.3. The Morgan fingerprint density at radius 1 is 0.857 bits per heavy atom. The highest BCUT2D eigenvalue weighted by atomic mass is 79.9. The second-order valence-electron chi connectivity index (χ2n) is 5.91. The first kappa shape index (κ1) is 13.1. The van der Waals surface area contributed by atoms with Crippen molar-refractivity contribution in [3.8, 4) is 0 Å². The Labute approximate surface area is 133 Å². The van der Waals surface area contributed by atoms with Crippen molar-refractivity contribution in [1.29, 1.82) is 0 Å². The molecule has 2 atom stereocenters. The summed E-state index contributed by atoms with van der Waals surface area (Å²) in [5.74, 6) is 0.646. The molecule has 3 aromatic rings. The van der Waals surface area contributed by atoms with E-state index in [-0.39, 0.29) is 0 Å². The van der Waals surface area contributed by atoms with Crippen LogP contribution >= 0.6 is 15.9 Å². The van der Waals surface area contributed by atoms with E-state index in [1.165, 1.54) is 33.9 Å². The Bertz CT molecular complexity index is 785. The lowest BCUT2D eigenvalue weighted by Crippen LogP contribution is -2.06. The van der Waals surface area contributed by atoms with E-state index in [0.717, 1.165) is 6.42 Å². The molecule has 0 aliphatic heterocycles. The molecule has 21 heavy (non-hydrogen) atoms. The van der Waals surface area contributed by atoms with E-state index in [9.17, 15) is 0 Å². The maximum atomic E-state index is 3.93. The topological polar surface area (TPSA) is 0 Å². The lowest BCUT2D eigenvalue weighted by molar-refractivity contribution is 0.557. The van der Waals surface area contributed by atoms with Crippen LogP contribution in [0.3, 0.4) is 0 Å². The average Bonchev–Trinajstić information content (AvgIpc) is 2.85. The highest BCUT2D eigenvalue weighted by Crippen LogP contribution is 2.44. The third kappa shape index (κ3) is 2.30. The van der Waals surface area contributed by atoms with Gasteiger partial charge in [0.2, 0.25) is 0 Å². The molecule has 0 saturated heterocycles. The van der Waals surface area contributed by atoms with Gasteiger partial charge < -0.3 is 0 Å². The third-order valence-corrected chi connectivity index (χ3v) is 5.85. The molecule has 0 radical (unpaired) electrons. The van der Waals surface area contributed by atoms with Crippen LogP contribution in [0.2, 0.25) is 0 Å². The molecule has 4 rings (SSSR count). The number of hydrogen-bond acceptors (Lipinski definition) is 0. The van der Waals surface area contributed by atoms with E-state index < -0.39 is 0 Å². The minimum absolute atomic E-state index is 0.479. The zero-order valence-corrected chi connectivity index (χ0v) is 13.4. The number of alkyl halides is 1. The first-order valence-corrected chi connectivity index (χ1v) is 8.43. The molecule has 0 aromatic heterocycles. The van der Waals surface area contributed by atoms with Gasteiger partial charge in [0, 0.05) is 4.83 Å². The highest BCUT2D eigenvalue weighted by Gasteiger charge is 2.30. The molecule has 0 nitrogen and oxygen atoms in total. The summed E-state index contributed by atoms with van der Waals surface area (Å²) in [6.07, 6.45) is 2.31. The van der Waals surface area contributed by atoms with Crippen molar-refractivity contribution in [2.45, 2.75) is 17.7 Å². The summed E-state index contributed by atoms with van der Waals surface area (Å²) in [6, 6.07) is 24.2. The number of halogens is 1. The summed E-state index contributed by atoms with van der Waals surface area (Å²) in [4.78, 5) is 0.479. The van der Waals surface area contributed by atoms with Crippen LogP contribution in [0.15, 0.2) is 66.7 Å². The molecule has 3 aromatic carbocycles. The van der Waals surface area contributed by atoms with Crippen molar-refractivity contribution >= 4 is 26.7 Å². The van der Waals surface area contributed by atoms with E-state index in [1.54, 1.807) is 0 Å². The van der Waals surface area contributed by atoms with Gasteiger partial charge in [-0.1, -0.05) is 82.7 Å². The summed E-state index contributed by atoms with van der Waals surface area (Å²) >= 11 is 3.93. The maximum absolute atomic E-state index is 3.93. The van der Waals surface area contributed by atoms with Gasteiger partial charge >= 0.3 is 0 Å². The molecule has 0 bridgehead atoms. The fraction of sp³-hybridized carbons (Fsp3) is 0.200. The molecule has 0 N–H and O–H groups in total.